The molecule has 0 radical (unpaired) electrons. The zero-order valence-corrected chi connectivity index (χ0v) is 27.4. The number of aryl methyl sites for hydroxylation is 1. The average Bonchev–Trinajstić information content (AvgIpc) is 3.45. The Balaban J connectivity index is 1.33. The Hall–Kier alpha value is -4.93. The zero-order chi connectivity index (χ0) is 33.0. The molecule has 0 saturated carbocycles. The average molecular weight is 625 g/mol. The molecule has 11 nitrogen and oxygen atoms in total. The van der Waals surface area contributed by atoms with Crippen LogP contribution >= 0.6 is 0 Å². The number of imide groups is 1. The van der Waals surface area contributed by atoms with E-state index >= 15 is 0 Å². The molecular weight excluding hydrogens is 584 g/mol. The van der Waals surface area contributed by atoms with Crippen molar-refractivity contribution in [1.82, 2.24) is 24.4 Å². The number of amides is 3. The van der Waals surface area contributed by atoms with Gasteiger partial charge in [0.05, 0.1) is 29.5 Å². The second-order valence-corrected chi connectivity index (χ2v) is 13.9. The number of rotatable bonds is 3. The van der Waals surface area contributed by atoms with Crippen molar-refractivity contribution in [3.8, 4) is 11.1 Å². The van der Waals surface area contributed by atoms with Gasteiger partial charge in [-0.25, -0.2) is 24.0 Å². The highest BCUT2D eigenvalue weighted by atomic mass is 16.6. The number of carbonyl (C=O) groups is 3. The Bertz CT molecular complexity index is 1870. The number of carbonyl (C=O) groups excluding carboxylic acids is 3. The summed E-state index contributed by atoms with van der Waals surface area (Å²) in [4.78, 5) is 47.6. The lowest BCUT2D eigenvalue weighted by atomic mass is 9.96. The zero-order valence-electron chi connectivity index (χ0n) is 27.4. The van der Waals surface area contributed by atoms with Gasteiger partial charge in [0.2, 0.25) is 0 Å². The molecule has 0 aliphatic carbocycles. The standard InChI is InChI=1S/C35H40N6O5/c1-21-8-12-28-24(18-36-41(28)19-21)23-10-11-27(30-25(23)20-40(31(30)42)33(44)46-35(5,6)7)38-29-13-9-22-14-16-39(17-15-26(22)37-29)32(43)45-34(2,3)4/h8-13,18-19H,14-17,20H2,1-7H3,(H,37,38). The van der Waals surface area contributed by atoms with E-state index < -0.39 is 23.2 Å². The monoisotopic (exact) mass is 624 g/mol. The fraction of sp³-hybridized carbons (Fsp3) is 0.400. The van der Waals surface area contributed by atoms with E-state index in [1.165, 1.54) is 0 Å². The van der Waals surface area contributed by atoms with Crippen LogP contribution in [0.3, 0.4) is 0 Å². The molecule has 2 aliphatic rings. The van der Waals surface area contributed by atoms with E-state index in [9.17, 15) is 14.4 Å². The maximum Gasteiger partial charge on any atom is 0.417 e. The summed E-state index contributed by atoms with van der Waals surface area (Å²) in [5.41, 5.74) is 5.90. The van der Waals surface area contributed by atoms with Gasteiger partial charge in [-0.15, -0.1) is 0 Å². The maximum atomic E-state index is 13.9. The summed E-state index contributed by atoms with van der Waals surface area (Å²) in [5.74, 6) is 0.123. The van der Waals surface area contributed by atoms with Gasteiger partial charge in [-0.05, 0) is 95.3 Å². The first-order chi connectivity index (χ1) is 21.7. The highest BCUT2D eigenvalue weighted by Crippen LogP contribution is 2.40. The topological polar surface area (TPSA) is 118 Å². The van der Waals surface area contributed by atoms with Crippen molar-refractivity contribution < 1.29 is 23.9 Å². The lowest BCUT2D eigenvalue weighted by Gasteiger charge is -2.26. The van der Waals surface area contributed by atoms with Gasteiger partial charge in [0.1, 0.15) is 17.0 Å². The quantitative estimate of drug-likeness (QED) is 0.268. The summed E-state index contributed by atoms with van der Waals surface area (Å²) in [6.45, 7) is 14.0. The Morgan fingerprint density at radius 1 is 0.870 bits per heavy atom. The van der Waals surface area contributed by atoms with E-state index in [0.717, 1.165) is 38.4 Å². The second-order valence-electron chi connectivity index (χ2n) is 13.9. The van der Waals surface area contributed by atoms with Crippen molar-refractivity contribution in [2.24, 2.45) is 0 Å². The van der Waals surface area contributed by atoms with Crippen LogP contribution in [0.2, 0.25) is 0 Å². The summed E-state index contributed by atoms with van der Waals surface area (Å²) in [6, 6.07) is 11.7. The number of hydrogen-bond acceptors (Lipinski definition) is 8. The van der Waals surface area contributed by atoms with Crippen molar-refractivity contribution in [2.75, 3.05) is 18.4 Å². The van der Waals surface area contributed by atoms with E-state index in [0.29, 0.717) is 48.6 Å². The largest absolute Gasteiger partial charge is 0.444 e. The minimum Gasteiger partial charge on any atom is -0.444 e. The van der Waals surface area contributed by atoms with Crippen LogP contribution in [0.1, 0.15) is 74.3 Å². The van der Waals surface area contributed by atoms with Gasteiger partial charge in [0.15, 0.2) is 0 Å². The molecule has 0 fully saturated rings. The first-order valence-corrected chi connectivity index (χ1v) is 15.6. The third-order valence-corrected chi connectivity index (χ3v) is 7.91. The van der Waals surface area contributed by atoms with Crippen molar-refractivity contribution in [2.45, 2.75) is 79.1 Å². The van der Waals surface area contributed by atoms with Crippen molar-refractivity contribution in [1.29, 1.82) is 0 Å². The molecule has 0 spiro atoms. The Morgan fingerprint density at radius 3 is 2.33 bits per heavy atom. The summed E-state index contributed by atoms with van der Waals surface area (Å²) < 4.78 is 13.0. The van der Waals surface area contributed by atoms with Gasteiger partial charge in [-0.1, -0.05) is 18.2 Å². The molecule has 1 N–H and O–H groups in total. The van der Waals surface area contributed by atoms with Crippen LogP contribution in [-0.4, -0.2) is 66.8 Å². The van der Waals surface area contributed by atoms with E-state index in [1.807, 2.05) is 74.8 Å². The van der Waals surface area contributed by atoms with Crippen molar-refractivity contribution >= 4 is 35.1 Å². The molecule has 4 aromatic rings. The molecule has 240 valence electrons. The number of fused-ring (bicyclic) bond motifs is 3. The predicted octanol–water partition coefficient (Wildman–Crippen LogP) is 6.67. The first kappa shape index (κ1) is 31.1. The summed E-state index contributed by atoms with van der Waals surface area (Å²) in [5, 5.41) is 7.90. The fourth-order valence-electron chi connectivity index (χ4n) is 5.84. The van der Waals surface area contributed by atoms with E-state index in [4.69, 9.17) is 14.5 Å². The van der Waals surface area contributed by atoms with Crippen LogP contribution in [0.4, 0.5) is 21.1 Å². The van der Waals surface area contributed by atoms with Gasteiger partial charge in [0.25, 0.3) is 5.91 Å². The molecule has 3 aromatic heterocycles. The maximum absolute atomic E-state index is 13.9. The molecule has 0 bridgehead atoms. The van der Waals surface area contributed by atoms with E-state index in [1.54, 1.807) is 31.9 Å². The van der Waals surface area contributed by atoms with Crippen LogP contribution in [0.25, 0.3) is 16.6 Å². The molecule has 3 amide bonds. The Kier molecular flexibility index (Phi) is 7.74. The van der Waals surface area contributed by atoms with Gasteiger partial charge in [0, 0.05) is 37.0 Å². The van der Waals surface area contributed by atoms with Crippen molar-refractivity contribution in [3.63, 3.8) is 0 Å². The second kappa shape index (κ2) is 11.5. The molecular formula is C35H40N6O5. The van der Waals surface area contributed by atoms with Gasteiger partial charge in [-0.3, -0.25) is 4.79 Å². The number of nitrogens with one attached hydrogen (secondary N) is 1. The first-order valence-electron chi connectivity index (χ1n) is 15.6. The SMILES string of the molecule is Cc1ccc2c(-c3ccc(Nc4ccc5c(n4)CCN(C(=O)OC(C)(C)C)CC5)c4c3CN(C(=O)OC(C)(C)C)C4=O)cnn2c1. The Morgan fingerprint density at radius 2 is 1.59 bits per heavy atom. The highest BCUT2D eigenvalue weighted by Gasteiger charge is 2.39. The number of pyridine rings is 2. The molecule has 2 aliphatic heterocycles. The van der Waals surface area contributed by atoms with Crippen LogP contribution in [0.15, 0.2) is 48.8 Å². The molecule has 11 heteroatoms. The van der Waals surface area contributed by atoms with Crippen LogP contribution < -0.4 is 5.32 Å². The summed E-state index contributed by atoms with van der Waals surface area (Å²) in [6.07, 6.45) is 3.94. The summed E-state index contributed by atoms with van der Waals surface area (Å²) in [7, 11) is 0. The van der Waals surface area contributed by atoms with Crippen LogP contribution in [0.5, 0.6) is 0 Å². The fourth-order valence-corrected chi connectivity index (χ4v) is 5.84. The number of ether oxygens (including phenoxy) is 2. The van der Waals surface area contributed by atoms with Crippen LogP contribution in [0, 0.1) is 6.92 Å². The minimum absolute atomic E-state index is 0.0647. The minimum atomic E-state index is -0.763. The normalized spacial score (nSPS) is 15.0. The molecule has 5 heterocycles. The summed E-state index contributed by atoms with van der Waals surface area (Å²) >= 11 is 0. The third-order valence-electron chi connectivity index (χ3n) is 7.91. The molecule has 0 unspecified atom stereocenters. The van der Waals surface area contributed by atoms with Gasteiger partial charge < -0.3 is 19.7 Å². The number of nitrogens with zero attached hydrogens (tertiary/aromatic N) is 5. The van der Waals surface area contributed by atoms with E-state index in [-0.39, 0.29) is 12.6 Å². The number of aromatic nitrogens is 3. The number of anilines is 2. The van der Waals surface area contributed by atoms with Gasteiger partial charge in [-0.2, -0.15) is 5.10 Å². The third kappa shape index (κ3) is 6.27. The lowest BCUT2D eigenvalue weighted by molar-refractivity contribution is 0.0239. The molecule has 6 rings (SSSR count). The molecule has 1 aromatic carbocycles. The number of hydrogen-bond donors (Lipinski definition) is 1. The number of benzene rings is 1. The molecule has 0 saturated heterocycles. The van der Waals surface area contributed by atoms with Crippen LogP contribution in [-0.2, 0) is 28.9 Å². The van der Waals surface area contributed by atoms with Gasteiger partial charge >= 0.3 is 12.2 Å². The lowest BCUT2D eigenvalue weighted by Crippen LogP contribution is -2.38. The molecule has 0 atom stereocenters. The smallest absolute Gasteiger partial charge is 0.417 e. The van der Waals surface area contributed by atoms with Crippen molar-refractivity contribution in [3.05, 3.63) is 76.7 Å². The highest BCUT2D eigenvalue weighted by molar-refractivity contribution is 6.12. The molecule has 46 heavy (non-hydrogen) atoms. The predicted molar refractivity (Wildman–Crippen MR) is 174 cm³/mol. The van der Waals surface area contributed by atoms with E-state index in [2.05, 4.69) is 10.4 Å². The Labute approximate surface area is 268 Å².